The molecular weight excluding hydrogens is 2930 g/mol. The number of hydrogen-bond acceptors (Lipinski definition) is 11. The first-order chi connectivity index (χ1) is 61.7. The number of aryl methyl sites for hydroxylation is 4. The standard InChI is InChI=1S/C19H12N.C17H14N.C16H11FN.C16H12N.C15H10N.2C13H8NS.C5H8O2.7Ir/c1-2-7-16-13-17(10-9-14(16)5-1)19-18-8-4-3-6-15(18)11-12-20-19;1-12-7-8-15(11-13(12)2)17-16-6-4-3-5-14(16)9-10-18-17;1-11-10-13(6-7-15(11)17)16-14-5-3-2-4-12(14)8-9-18-16;1-12-5-4-7-14(11-12)16-15-8-3-2-6-13(15)9-10-17-16;1-2-7-13(8-3-1)15-14-9-5-4-6-12(14)10-11-16-15;2*1-2-7-12-10(5-1)9-13(15-12)11-6-3-4-8-14-11;1-4(6)3-5(2)7;;;;;;;/h1-9,11-13H;3-7,9-11H,1-2H3;2-5,7-10H,1H3;2-6,8-11H,1H3;1-7,9-11H;2*1-8H;3,6H,1-2H3;;;;;;;/q7*-1;;;;;;;;. The van der Waals surface area contributed by atoms with Crippen LogP contribution >= 0.6 is 22.7 Å². The normalized spacial score (nSPS) is 10.2. The van der Waals surface area contributed by atoms with Gasteiger partial charge in [0.2, 0.25) is 0 Å². The van der Waals surface area contributed by atoms with Gasteiger partial charge in [-0.2, -0.15) is 0 Å². The third-order valence-electron chi connectivity index (χ3n) is 20.4. The fourth-order valence-electron chi connectivity index (χ4n) is 14.1. The largest absolute Gasteiger partial charge is 0.512 e. The molecule has 675 valence electrons. The van der Waals surface area contributed by atoms with Crippen LogP contribution in [-0.2, 0) is 146 Å². The van der Waals surface area contributed by atoms with Crippen molar-refractivity contribution < 1.29 is 155 Å². The number of aromatic nitrogens is 7. The number of benzene rings is 13. The zero-order valence-corrected chi connectivity index (χ0v) is 90.9. The van der Waals surface area contributed by atoms with Crippen LogP contribution in [-0.4, -0.2) is 45.8 Å². The molecule has 9 aromatic heterocycles. The van der Waals surface area contributed by atoms with E-state index in [0.717, 1.165) is 88.2 Å². The van der Waals surface area contributed by atoms with Crippen LogP contribution in [0.25, 0.3) is 162 Å². The van der Waals surface area contributed by atoms with Gasteiger partial charge in [-0.05, 0) is 158 Å². The molecule has 22 rings (SSSR count). The molecule has 0 aliphatic rings. The Bertz CT molecular complexity index is 7210. The maximum Gasteiger partial charge on any atom is 0.155 e. The van der Waals surface area contributed by atoms with E-state index < -0.39 is 0 Å². The molecule has 7 radical (unpaired) electrons. The summed E-state index contributed by atoms with van der Waals surface area (Å²) in [5, 5.41) is 24.9. The molecule has 1 N–H and O–H groups in total. The monoisotopic (exact) mass is 3020 g/mol. The summed E-state index contributed by atoms with van der Waals surface area (Å²) in [5.74, 6) is -0.300. The molecule has 0 amide bonds. The van der Waals surface area contributed by atoms with Crippen molar-refractivity contribution in [2.75, 3.05) is 0 Å². The summed E-state index contributed by atoms with van der Waals surface area (Å²) in [7, 11) is 0. The molecule has 9 heterocycles. The van der Waals surface area contributed by atoms with Gasteiger partial charge >= 0.3 is 0 Å². The molecule has 0 unspecified atom stereocenters. The Hall–Kier alpha value is -10.9. The molecule has 13 aromatic carbocycles. The Morgan fingerprint density at radius 3 is 1.02 bits per heavy atom. The van der Waals surface area contributed by atoms with E-state index in [2.05, 4.69) is 250 Å². The maximum absolute atomic E-state index is 13.3. The summed E-state index contributed by atoms with van der Waals surface area (Å²) < 4.78 is 15.8. The molecule has 0 aliphatic carbocycles. The van der Waals surface area contributed by atoms with Crippen molar-refractivity contribution in [3.05, 3.63) is 465 Å². The van der Waals surface area contributed by atoms with E-state index in [-0.39, 0.29) is 158 Å². The van der Waals surface area contributed by atoms with Crippen LogP contribution in [0.3, 0.4) is 0 Å². The van der Waals surface area contributed by atoms with Crippen LogP contribution in [0.5, 0.6) is 0 Å². The first-order valence-electron chi connectivity index (χ1n) is 41.0. The zero-order valence-electron chi connectivity index (χ0n) is 72.5. The number of carbonyl (C=O) groups excluding carboxylic acids is 1. The van der Waals surface area contributed by atoms with E-state index in [1.54, 1.807) is 41.9 Å². The molecule has 0 fully saturated rings. The SMILES string of the molecule is CC(=O)C=C(C)O.Cc1c[c-]c(-c2nccc3ccccc23)cc1C.Cc1cc(-c2nccc3ccccc23)[c-]cc1F.Cc1cc[c-]c(-c2nccc3ccccc23)c1.[Ir].[Ir].[Ir].[Ir].[Ir].[Ir].[Ir].[c-]1c(-c2ccccn2)sc2ccccc12.[c-]1c(-c2ccccn2)sc2ccccc12.[c-]1cc2ccccc2cc1-c1nccc2ccccc12.[c-]1ccccc1-c1nccc2ccccc12. The van der Waals surface area contributed by atoms with Crippen molar-refractivity contribution in [3.8, 4) is 77.4 Å². The van der Waals surface area contributed by atoms with Gasteiger partial charge in [-0.1, -0.05) is 233 Å². The van der Waals surface area contributed by atoms with Crippen LogP contribution in [0, 0.1) is 76.0 Å². The zero-order chi connectivity index (χ0) is 86.9. The number of halogens is 1. The molecule has 9 nitrogen and oxygen atoms in total. The van der Waals surface area contributed by atoms with Gasteiger partial charge < -0.3 is 40.0 Å². The summed E-state index contributed by atoms with van der Waals surface area (Å²) in [6.45, 7) is 10.9. The molecule has 0 spiro atoms. The number of nitrogens with zero attached hydrogens (tertiary/aromatic N) is 7. The summed E-state index contributed by atoms with van der Waals surface area (Å²) in [5.41, 5.74) is 16.3. The summed E-state index contributed by atoms with van der Waals surface area (Å²) >= 11 is 3.46. The fourth-order valence-corrected chi connectivity index (χ4v) is 16.0. The van der Waals surface area contributed by atoms with Gasteiger partial charge in [0.15, 0.2) is 5.78 Å². The van der Waals surface area contributed by atoms with Gasteiger partial charge in [0, 0.05) is 207 Å². The molecule has 0 saturated carbocycles. The number of carbonyl (C=O) groups is 1. The number of hydrogen-bond donors (Lipinski definition) is 1. The second-order valence-corrected chi connectivity index (χ2v) is 31.6. The number of aliphatic hydroxyl groups is 1. The van der Waals surface area contributed by atoms with E-state index in [1.165, 1.54) is 117 Å². The Balaban J connectivity index is 0.000000187. The first-order valence-corrected chi connectivity index (χ1v) is 42.6. The van der Waals surface area contributed by atoms with Crippen molar-refractivity contribution in [1.82, 2.24) is 34.9 Å². The minimum Gasteiger partial charge on any atom is -0.512 e. The van der Waals surface area contributed by atoms with Gasteiger partial charge in [0.05, 0.1) is 5.76 Å². The van der Waals surface area contributed by atoms with Crippen molar-refractivity contribution in [1.29, 1.82) is 0 Å². The van der Waals surface area contributed by atoms with Crippen molar-refractivity contribution in [2.45, 2.75) is 41.5 Å². The number of aliphatic hydroxyl groups excluding tert-OH is 1. The van der Waals surface area contributed by atoms with Crippen LogP contribution in [0.2, 0.25) is 0 Å². The molecular formula is C114H83FIr7N7O2S2-7. The van der Waals surface area contributed by atoms with E-state index in [0.29, 0.717) is 5.56 Å². The second kappa shape index (κ2) is 53.8. The average Bonchev–Trinajstić information content (AvgIpc) is 1.77. The molecule has 0 saturated heterocycles. The van der Waals surface area contributed by atoms with Gasteiger partial charge in [-0.25, -0.2) is 22.7 Å². The Labute approximate surface area is 878 Å². The van der Waals surface area contributed by atoms with Gasteiger partial charge in [0.1, 0.15) is 0 Å². The topological polar surface area (TPSA) is 128 Å². The molecule has 0 bridgehead atoms. The Kier molecular flexibility index (Phi) is 43.5. The number of ketones is 1. The molecule has 22 aromatic rings. The van der Waals surface area contributed by atoms with Crippen LogP contribution in [0.1, 0.15) is 36.1 Å². The minimum atomic E-state index is -0.237. The summed E-state index contributed by atoms with van der Waals surface area (Å²) in [6, 6.07) is 137. The molecule has 19 heteroatoms. The van der Waals surface area contributed by atoms with Crippen LogP contribution in [0.4, 0.5) is 4.39 Å². The van der Waals surface area contributed by atoms with Crippen LogP contribution in [0.15, 0.2) is 395 Å². The Morgan fingerprint density at radius 2 is 0.654 bits per heavy atom. The summed E-state index contributed by atoms with van der Waals surface area (Å²) in [4.78, 5) is 43.3. The van der Waals surface area contributed by atoms with E-state index in [1.807, 2.05) is 213 Å². The molecule has 0 atom stereocenters. The summed E-state index contributed by atoms with van der Waals surface area (Å²) in [6.07, 6.45) is 14.0. The average molecular weight is 3010 g/mol. The molecule has 133 heavy (non-hydrogen) atoms. The van der Waals surface area contributed by atoms with E-state index in [4.69, 9.17) is 5.11 Å². The predicted octanol–water partition coefficient (Wildman–Crippen LogP) is 29.6. The minimum absolute atomic E-state index is 0. The van der Waals surface area contributed by atoms with Gasteiger partial charge in [0.25, 0.3) is 0 Å². The number of rotatable bonds is 8. The quantitative estimate of drug-likeness (QED) is 0.0898. The van der Waals surface area contributed by atoms with Gasteiger partial charge in [-0.15, -0.1) is 206 Å². The second-order valence-electron chi connectivity index (χ2n) is 29.5. The van der Waals surface area contributed by atoms with Crippen LogP contribution < -0.4 is 0 Å². The van der Waals surface area contributed by atoms with E-state index >= 15 is 0 Å². The third kappa shape index (κ3) is 28.8. The number of fused-ring (bicyclic) bond motifs is 8. The number of pyridine rings is 7. The number of allylic oxidation sites excluding steroid dienone is 2. The van der Waals surface area contributed by atoms with E-state index in [9.17, 15) is 9.18 Å². The van der Waals surface area contributed by atoms with Crippen molar-refractivity contribution in [3.63, 3.8) is 0 Å². The maximum atomic E-state index is 13.3. The Morgan fingerprint density at radius 1 is 0.308 bits per heavy atom. The third-order valence-corrected chi connectivity index (χ3v) is 22.6. The predicted molar refractivity (Wildman–Crippen MR) is 521 cm³/mol. The molecule has 0 aliphatic heterocycles. The fraction of sp³-hybridized carbons (Fsp3) is 0.0526. The smallest absolute Gasteiger partial charge is 0.155 e. The number of thiophene rings is 2. The van der Waals surface area contributed by atoms with Crippen molar-refractivity contribution >= 4 is 113 Å². The van der Waals surface area contributed by atoms with Crippen molar-refractivity contribution in [2.24, 2.45) is 0 Å². The van der Waals surface area contributed by atoms with Gasteiger partial charge in [-0.3, -0.25) is 9.18 Å². The first kappa shape index (κ1) is 107.